The molecule has 1 aliphatic carbocycles. The number of anilines is 1. The second-order valence-corrected chi connectivity index (χ2v) is 5.29. The van der Waals surface area contributed by atoms with E-state index in [1.54, 1.807) is 0 Å². The van der Waals surface area contributed by atoms with Crippen molar-refractivity contribution >= 4 is 17.4 Å². The van der Waals surface area contributed by atoms with Gasteiger partial charge in [0.05, 0.1) is 17.2 Å². The summed E-state index contributed by atoms with van der Waals surface area (Å²) in [6, 6.07) is 1.08. The smallest absolute Gasteiger partial charge is 0.395 e. The van der Waals surface area contributed by atoms with Gasteiger partial charge in [-0.3, -0.25) is 0 Å². The summed E-state index contributed by atoms with van der Waals surface area (Å²) in [5.74, 6) is 0.320. The number of nitrogens with zero attached hydrogens (tertiary/aromatic N) is 2. The first-order valence-corrected chi connectivity index (χ1v) is 6.91. The fourth-order valence-electron chi connectivity index (χ4n) is 2.58. The number of aromatic nitrogens is 1. The van der Waals surface area contributed by atoms with Crippen LogP contribution in [0.2, 0.25) is 5.02 Å². The average Bonchev–Trinajstić information content (AvgIpc) is 2.89. The summed E-state index contributed by atoms with van der Waals surface area (Å²) in [6.07, 6.45) is 0.374. The zero-order chi connectivity index (χ0) is 14.8. The Morgan fingerprint density at radius 2 is 2.00 bits per heavy atom. The summed E-state index contributed by atoms with van der Waals surface area (Å²) in [7, 11) is 0. The number of rotatable bonds is 4. The second kappa shape index (κ2) is 6.18. The SMILES string of the molecule is OCCN(c1ncc(C(F)(F)F)cc1Cl)C1CCCC1. The zero-order valence-corrected chi connectivity index (χ0v) is 11.6. The van der Waals surface area contributed by atoms with E-state index in [-0.39, 0.29) is 17.7 Å². The van der Waals surface area contributed by atoms with Gasteiger partial charge in [-0.1, -0.05) is 24.4 Å². The molecule has 1 aromatic heterocycles. The van der Waals surface area contributed by atoms with Crippen molar-refractivity contribution in [3.63, 3.8) is 0 Å². The van der Waals surface area contributed by atoms with Crippen molar-refractivity contribution in [1.29, 1.82) is 0 Å². The molecule has 2 rings (SSSR count). The summed E-state index contributed by atoms with van der Waals surface area (Å²) in [4.78, 5) is 5.69. The van der Waals surface area contributed by atoms with Crippen LogP contribution in [0.15, 0.2) is 12.3 Å². The van der Waals surface area contributed by atoms with Gasteiger partial charge in [0.1, 0.15) is 5.82 Å². The lowest BCUT2D eigenvalue weighted by Gasteiger charge is -2.30. The Hall–Kier alpha value is -1.01. The van der Waals surface area contributed by atoms with Crippen LogP contribution in [-0.2, 0) is 6.18 Å². The van der Waals surface area contributed by atoms with Gasteiger partial charge in [0.2, 0.25) is 0 Å². The highest BCUT2D eigenvalue weighted by Gasteiger charge is 2.33. The normalized spacial score (nSPS) is 16.6. The van der Waals surface area contributed by atoms with Gasteiger partial charge in [-0.05, 0) is 18.9 Å². The van der Waals surface area contributed by atoms with Gasteiger partial charge >= 0.3 is 6.18 Å². The van der Waals surface area contributed by atoms with E-state index in [9.17, 15) is 13.2 Å². The molecule has 1 fully saturated rings. The Morgan fingerprint density at radius 1 is 1.35 bits per heavy atom. The average molecular weight is 309 g/mol. The molecule has 0 radical (unpaired) electrons. The van der Waals surface area contributed by atoms with Gasteiger partial charge in [-0.2, -0.15) is 13.2 Å². The molecule has 0 spiro atoms. The minimum atomic E-state index is -4.45. The quantitative estimate of drug-likeness (QED) is 0.925. The van der Waals surface area contributed by atoms with Crippen molar-refractivity contribution in [2.24, 2.45) is 0 Å². The predicted molar refractivity (Wildman–Crippen MR) is 70.9 cm³/mol. The van der Waals surface area contributed by atoms with E-state index in [1.165, 1.54) is 0 Å². The largest absolute Gasteiger partial charge is 0.417 e. The number of hydrogen-bond acceptors (Lipinski definition) is 3. The molecule has 1 N–H and O–H groups in total. The Morgan fingerprint density at radius 3 is 2.50 bits per heavy atom. The zero-order valence-electron chi connectivity index (χ0n) is 10.8. The molecule has 0 aromatic carbocycles. The minimum absolute atomic E-state index is 0.0276. The molecule has 1 heterocycles. The highest BCUT2D eigenvalue weighted by molar-refractivity contribution is 6.33. The van der Waals surface area contributed by atoms with Gasteiger partial charge in [-0.15, -0.1) is 0 Å². The van der Waals surface area contributed by atoms with E-state index >= 15 is 0 Å². The Balaban J connectivity index is 2.29. The highest BCUT2D eigenvalue weighted by atomic mass is 35.5. The van der Waals surface area contributed by atoms with E-state index < -0.39 is 11.7 Å². The third-order valence-corrected chi connectivity index (χ3v) is 3.81. The van der Waals surface area contributed by atoms with Gasteiger partial charge in [-0.25, -0.2) is 4.98 Å². The highest BCUT2D eigenvalue weighted by Crippen LogP contribution is 2.35. The summed E-state index contributed by atoms with van der Waals surface area (Å²) in [6.45, 7) is 0.234. The van der Waals surface area contributed by atoms with Crippen LogP contribution in [0.5, 0.6) is 0 Å². The lowest BCUT2D eigenvalue weighted by Crippen LogP contribution is -2.36. The van der Waals surface area contributed by atoms with Crippen molar-refractivity contribution in [1.82, 2.24) is 4.98 Å². The van der Waals surface area contributed by atoms with Crippen LogP contribution in [0.3, 0.4) is 0 Å². The molecule has 112 valence electrons. The second-order valence-electron chi connectivity index (χ2n) is 4.88. The summed E-state index contributed by atoms with van der Waals surface area (Å²) < 4.78 is 37.8. The number of halogens is 4. The summed E-state index contributed by atoms with van der Waals surface area (Å²) in [5.41, 5.74) is -0.860. The molecule has 0 atom stereocenters. The molecular weight excluding hydrogens is 293 g/mol. The van der Waals surface area contributed by atoms with Crippen LogP contribution in [0.4, 0.5) is 19.0 Å². The van der Waals surface area contributed by atoms with E-state index in [4.69, 9.17) is 16.7 Å². The van der Waals surface area contributed by atoms with E-state index in [0.717, 1.165) is 37.9 Å². The first-order valence-electron chi connectivity index (χ1n) is 6.53. The fourth-order valence-corrected chi connectivity index (χ4v) is 2.86. The van der Waals surface area contributed by atoms with Crippen molar-refractivity contribution in [2.45, 2.75) is 37.9 Å². The topological polar surface area (TPSA) is 36.4 Å². The summed E-state index contributed by atoms with van der Waals surface area (Å²) >= 11 is 5.96. The van der Waals surface area contributed by atoms with Gasteiger partial charge in [0.25, 0.3) is 0 Å². The number of aliphatic hydroxyl groups excluding tert-OH is 1. The maximum Gasteiger partial charge on any atom is 0.417 e. The van der Waals surface area contributed by atoms with Gasteiger partial charge in [0.15, 0.2) is 0 Å². The predicted octanol–water partition coefficient (Wildman–Crippen LogP) is 3.50. The van der Waals surface area contributed by atoms with Crippen molar-refractivity contribution in [3.8, 4) is 0 Å². The monoisotopic (exact) mass is 308 g/mol. The molecule has 0 aliphatic heterocycles. The van der Waals surface area contributed by atoms with E-state index in [2.05, 4.69) is 4.98 Å². The number of aliphatic hydroxyl groups is 1. The van der Waals surface area contributed by atoms with Crippen LogP contribution in [0.1, 0.15) is 31.2 Å². The summed E-state index contributed by atoms with van der Waals surface area (Å²) in [5, 5.41) is 9.11. The first-order chi connectivity index (χ1) is 9.43. The first kappa shape index (κ1) is 15.4. The molecule has 20 heavy (non-hydrogen) atoms. The molecule has 3 nitrogen and oxygen atoms in total. The Kier molecular flexibility index (Phi) is 4.75. The molecule has 0 unspecified atom stereocenters. The molecule has 0 saturated heterocycles. The number of hydrogen-bond donors (Lipinski definition) is 1. The van der Waals surface area contributed by atoms with Crippen molar-refractivity contribution < 1.29 is 18.3 Å². The molecule has 1 saturated carbocycles. The number of pyridine rings is 1. The Bertz CT molecular complexity index is 461. The maximum atomic E-state index is 12.6. The van der Waals surface area contributed by atoms with Crippen LogP contribution in [-0.4, -0.2) is 29.3 Å². The van der Waals surface area contributed by atoms with Crippen molar-refractivity contribution in [2.75, 3.05) is 18.1 Å². The number of alkyl halides is 3. The van der Waals surface area contributed by atoms with Gasteiger partial charge in [0, 0.05) is 18.8 Å². The van der Waals surface area contributed by atoms with Crippen LogP contribution < -0.4 is 4.90 Å². The van der Waals surface area contributed by atoms with E-state index in [0.29, 0.717) is 12.4 Å². The van der Waals surface area contributed by atoms with E-state index in [1.807, 2.05) is 4.90 Å². The standard InChI is InChI=1S/C13H16ClF3N2O/c14-11-7-9(13(15,16)17)8-18-12(11)19(5-6-20)10-3-1-2-4-10/h7-8,10,20H,1-6H2. The minimum Gasteiger partial charge on any atom is -0.395 e. The molecular formula is C13H16ClF3N2O. The van der Waals surface area contributed by atoms with Crippen LogP contribution in [0.25, 0.3) is 0 Å². The van der Waals surface area contributed by atoms with Gasteiger partial charge < -0.3 is 10.0 Å². The molecule has 1 aromatic rings. The van der Waals surface area contributed by atoms with Crippen LogP contribution in [0, 0.1) is 0 Å². The van der Waals surface area contributed by atoms with Crippen LogP contribution >= 0.6 is 11.6 Å². The van der Waals surface area contributed by atoms with Crippen molar-refractivity contribution in [3.05, 3.63) is 22.8 Å². The Labute approximate surface area is 120 Å². The molecule has 0 amide bonds. The fraction of sp³-hybridized carbons (Fsp3) is 0.615. The lowest BCUT2D eigenvalue weighted by molar-refractivity contribution is -0.137. The molecule has 1 aliphatic rings. The lowest BCUT2D eigenvalue weighted by atomic mass is 10.2. The third-order valence-electron chi connectivity index (χ3n) is 3.53. The maximum absolute atomic E-state index is 12.6. The third kappa shape index (κ3) is 3.35. The molecule has 0 bridgehead atoms. The molecule has 7 heteroatoms.